The van der Waals surface area contributed by atoms with Gasteiger partial charge in [0.05, 0.1) is 18.1 Å². The highest BCUT2D eigenvalue weighted by Crippen LogP contribution is 2.28. The van der Waals surface area contributed by atoms with E-state index in [2.05, 4.69) is 15.1 Å². The van der Waals surface area contributed by atoms with E-state index >= 15 is 0 Å². The maximum Gasteiger partial charge on any atom is 0.434 e. The number of halogens is 3. The third-order valence-corrected chi connectivity index (χ3v) is 3.27. The van der Waals surface area contributed by atoms with Gasteiger partial charge in [0.15, 0.2) is 18.4 Å². The monoisotopic (exact) mass is 335 g/mol. The van der Waals surface area contributed by atoms with Gasteiger partial charge in [0.1, 0.15) is 11.9 Å². The van der Waals surface area contributed by atoms with Crippen LogP contribution in [0.2, 0.25) is 0 Å². The molecule has 2 aromatic rings. The molecule has 0 aromatic carbocycles. The molecule has 2 heterocycles. The molecule has 0 aliphatic rings. The summed E-state index contributed by atoms with van der Waals surface area (Å²) in [7, 11) is -4.11. The molecule has 7 nitrogen and oxygen atoms in total. The molecule has 11 heteroatoms. The Balaban J connectivity index is 2.20. The predicted octanol–water partition coefficient (Wildman–Crippen LogP) is 0.733. The van der Waals surface area contributed by atoms with Crippen molar-refractivity contribution >= 4 is 10.1 Å². The van der Waals surface area contributed by atoms with Crippen molar-refractivity contribution in [2.45, 2.75) is 12.7 Å². The molecule has 2 rings (SSSR count). The first-order chi connectivity index (χ1) is 10.1. The van der Waals surface area contributed by atoms with Gasteiger partial charge in [0.2, 0.25) is 0 Å². The second-order valence-corrected chi connectivity index (χ2v) is 5.82. The summed E-state index contributed by atoms with van der Waals surface area (Å²) in [4.78, 5) is 6.95. The van der Waals surface area contributed by atoms with Gasteiger partial charge in [-0.2, -0.15) is 21.6 Å². The van der Waals surface area contributed by atoms with Crippen molar-refractivity contribution in [3.63, 3.8) is 0 Å². The Morgan fingerprint density at radius 3 is 2.50 bits per heavy atom. The van der Waals surface area contributed by atoms with Gasteiger partial charge in [0.25, 0.3) is 10.1 Å². The van der Waals surface area contributed by atoms with E-state index in [1.54, 1.807) is 0 Å². The van der Waals surface area contributed by atoms with Crippen molar-refractivity contribution < 1.29 is 30.8 Å². The Kier molecular flexibility index (Phi) is 4.37. The molecule has 22 heavy (non-hydrogen) atoms. The minimum atomic E-state index is -4.60. The third kappa shape index (κ3) is 4.43. The van der Waals surface area contributed by atoms with E-state index < -0.39 is 27.7 Å². The Morgan fingerprint density at radius 1 is 1.23 bits per heavy atom. The van der Waals surface area contributed by atoms with Crippen molar-refractivity contribution in [2.75, 3.05) is 5.75 Å². The average Bonchev–Trinajstić information content (AvgIpc) is 2.44. The van der Waals surface area contributed by atoms with Crippen molar-refractivity contribution in [1.82, 2.24) is 15.1 Å². The molecule has 1 N–H and O–H groups in total. The fourth-order valence-electron chi connectivity index (χ4n) is 1.52. The lowest BCUT2D eigenvalue weighted by Crippen LogP contribution is -2.40. The molecular formula is C11H10F3N4O3S+. The Labute approximate surface area is 123 Å². The molecule has 0 fully saturated rings. The first-order valence-corrected chi connectivity index (χ1v) is 7.46. The molecule has 0 unspecified atom stereocenters. The number of nitrogens with zero attached hydrogens (tertiary/aromatic N) is 4. The van der Waals surface area contributed by atoms with Crippen LogP contribution < -0.4 is 4.68 Å². The van der Waals surface area contributed by atoms with Crippen LogP contribution in [-0.2, 0) is 22.8 Å². The van der Waals surface area contributed by atoms with E-state index in [-0.39, 0.29) is 12.2 Å². The molecule has 0 atom stereocenters. The Hall–Kier alpha value is -2.14. The lowest BCUT2D eigenvalue weighted by Gasteiger charge is -2.06. The molecule has 0 saturated heterocycles. The van der Waals surface area contributed by atoms with Crippen molar-refractivity contribution in [3.05, 3.63) is 36.5 Å². The van der Waals surface area contributed by atoms with Gasteiger partial charge in [-0.1, -0.05) is 4.68 Å². The van der Waals surface area contributed by atoms with Crippen LogP contribution in [0.15, 0.2) is 30.9 Å². The quantitative estimate of drug-likeness (QED) is 0.654. The van der Waals surface area contributed by atoms with Crippen LogP contribution in [0.3, 0.4) is 0 Å². The van der Waals surface area contributed by atoms with Crippen molar-refractivity contribution in [3.8, 4) is 11.3 Å². The van der Waals surface area contributed by atoms with Gasteiger partial charge < -0.3 is 0 Å². The van der Waals surface area contributed by atoms with Gasteiger partial charge in [-0.05, 0) is 5.10 Å². The SMILES string of the molecule is O=S(=O)(O)CC[n+]1ccc(-c2cncc(C(F)(F)F)n2)cn1. The lowest BCUT2D eigenvalue weighted by molar-refractivity contribution is -0.750. The van der Waals surface area contributed by atoms with Crippen LogP contribution >= 0.6 is 0 Å². The number of aryl methyl sites for hydroxylation is 1. The molecular weight excluding hydrogens is 325 g/mol. The number of aromatic nitrogens is 4. The number of alkyl halides is 3. The fraction of sp³-hybridized carbons (Fsp3) is 0.273. The van der Waals surface area contributed by atoms with E-state index in [0.29, 0.717) is 11.8 Å². The molecule has 0 bridgehead atoms. The second kappa shape index (κ2) is 5.93. The summed E-state index contributed by atoms with van der Waals surface area (Å²) in [5, 5.41) is 3.84. The summed E-state index contributed by atoms with van der Waals surface area (Å²) in [6.45, 7) is -0.0899. The van der Waals surface area contributed by atoms with Gasteiger partial charge in [-0.25, -0.2) is 4.98 Å². The standard InChI is InChI=1S/C11H9F3N4O3S/c12-11(13,14)10-7-15-6-9(17-10)8-1-2-18(16-5-8)3-4-22(19,20)21/h1-2,5-7H,3-4H2/p+1. The average molecular weight is 335 g/mol. The van der Waals surface area contributed by atoms with Crippen LogP contribution in [0.4, 0.5) is 13.2 Å². The highest BCUT2D eigenvalue weighted by molar-refractivity contribution is 7.85. The summed E-state index contributed by atoms with van der Waals surface area (Å²) >= 11 is 0. The first-order valence-electron chi connectivity index (χ1n) is 5.86. The zero-order chi connectivity index (χ0) is 16.4. The zero-order valence-corrected chi connectivity index (χ0v) is 11.7. The molecule has 0 amide bonds. The topological polar surface area (TPSA) is 96.9 Å². The maximum atomic E-state index is 12.6. The largest absolute Gasteiger partial charge is 0.434 e. The molecule has 0 radical (unpaired) electrons. The lowest BCUT2D eigenvalue weighted by atomic mass is 10.2. The van der Waals surface area contributed by atoms with Gasteiger partial charge in [-0.3, -0.25) is 9.54 Å². The van der Waals surface area contributed by atoms with Crippen molar-refractivity contribution in [1.29, 1.82) is 0 Å². The van der Waals surface area contributed by atoms with E-state index in [4.69, 9.17) is 4.55 Å². The Morgan fingerprint density at radius 2 is 1.95 bits per heavy atom. The second-order valence-electron chi connectivity index (χ2n) is 4.25. The van der Waals surface area contributed by atoms with Gasteiger partial charge in [0, 0.05) is 11.6 Å². The van der Waals surface area contributed by atoms with Gasteiger partial charge in [-0.15, -0.1) is 0 Å². The molecule has 0 aliphatic heterocycles. The number of rotatable bonds is 4. The van der Waals surface area contributed by atoms with Crippen LogP contribution in [0.1, 0.15) is 5.69 Å². The van der Waals surface area contributed by atoms with Crippen molar-refractivity contribution in [2.24, 2.45) is 0 Å². The molecule has 2 aromatic heterocycles. The summed E-state index contributed by atoms with van der Waals surface area (Å²) in [6, 6.07) is 1.42. The van der Waals surface area contributed by atoms with Crippen LogP contribution in [0, 0.1) is 0 Å². The fourth-order valence-corrected chi connectivity index (χ4v) is 1.94. The van der Waals surface area contributed by atoms with Crippen LogP contribution in [-0.4, -0.2) is 33.8 Å². The maximum absolute atomic E-state index is 12.6. The summed E-state index contributed by atoms with van der Waals surface area (Å²) < 4.78 is 68.7. The van der Waals surface area contributed by atoms with Gasteiger partial charge >= 0.3 is 6.18 Å². The van der Waals surface area contributed by atoms with E-state index in [1.807, 2.05) is 0 Å². The highest BCUT2D eigenvalue weighted by atomic mass is 32.2. The number of hydrogen-bond donors (Lipinski definition) is 1. The van der Waals surface area contributed by atoms with Crippen LogP contribution in [0.5, 0.6) is 0 Å². The summed E-state index contributed by atoms with van der Waals surface area (Å²) in [5.74, 6) is -0.520. The zero-order valence-electron chi connectivity index (χ0n) is 10.9. The minimum Gasteiger partial charge on any atom is -0.285 e. The Bertz CT molecular complexity index is 763. The van der Waals surface area contributed by atoms with E-state index in [0.717, 1.165) is 6.20 Å². The molecule has 0 spiro atoms. The van der Waals surface area contributed by atoms with Crippen LogP contribution in [0.25, 0.3) is 11.3 Å². The molecule has 0 saturated carbocycles. The smallest absolute Gasteiger partial charge is 0.285 e. The first kappa shape index (κ1) is 16.2. The minimum absolute atomic E-state index is 0.00995. The summed E-state index contributed by atoms with van der Waals surface area (Å²) in [5.41, 5.74) is -0.834. The van der Waals surface area contributed by atoms with E-state index in [9.17, 15) is 21.6 Å². The highest BCUT2D eigenvalue weighted by Gasteiger charge is 2.33. The van der Waals surface area contributed by atoms with E-state index in [1.165, 1.54) is 23.1 Å². The third-order valence-electron chi connectivity index (χ3n) is 2.57. The number of hydrogen-bond acceptors (Lipinski definition) is 5. The predicted molar refractivity (Wildman–Crippen MR) is 66.9 cm³/mol. The summed E-state index contributed by atoms with van der Waals surface area (Å²) in [6.07, 6.45) is -0.224. The normalized spacial score (nSPS) is 12.4. The molecule has 118 valence electrons. The molecule has 0 aliphatic carbocycles.